The van der Waals surface area contributed by atoms with Gasteiger partial charge in [-0.05, 0) is 25.0 Å². The number of hydrogen-bond donors (Lipinski definition) is 1. The van der Waals surface area contributed by atoms with Gasteiger partial charge in [-0.3, -0.25) is 0 Å². The molecule has 1 aliphatic rings. The molecule has 0 spiro atoms. The van der Waals surface area contributed by atoms with E-state index >= 15 is 0 Å². The summed E-state index contributed by atoms with van der Waals surface area (Å²) in [5.41, 5.74) is 0.580. The third-order valence-corrected chi connectivity index (χ3v) is 3.73. The minimum absolute atomic E-state index is 0.0563. The smallest absolute Gasteiger partial charge is 0.143 e. The van der Waals surface area contributed by atoms with Crippen molar-refractivity contribution in [1.29, 1.82) is 5.26 Å². The molecule has 0 saturated heterocycles. The van der Waals surface area contributed by atoms with E-state index in [9.17, 15) is 4.39 Å². The highest BCUT2D eigenvalue weighted by atomic mass is 19.1. The maximum atomic E-state index is 13.5. The fourth-order valence-electron chi connectivity index (χ4n) is 2.65. The summed E-state index contributed by atoms with van der Waals surface area (Å²) in [6.45, 7) is 1.57. The molecule has 0 fully saturated rings. The van der Waals surface area contributed by atoms with Gasteiger partial charge in [-0.25, -0.2) is 4.39 Å². The molecule has 2 heterocycles. The van der Waals surface area contributed by atoms with Gasteiger partial charge < -0.3 is 9.88 Å². The van der Waals surface area contributed by atoms with Crippen LogP contribution < -0.4 is 5.32 Å². The number of anilines is 1. The Kier molecular flexibility index (Phi) is 3.82. The first-order chi connectivity index (χ1) is 10.3. The molecule has 3 rings (SSSR count). The minimum atomic E-state index is -0.498. The second-order valence-electron chi connectivity index (χ2n) is 5.09. The van der Waals surface area contributed by atoms with Crippen LogP contribution in [0.3, 0.4) is 0 Å². The fraction of sp³-hybridized carbons (Fsp3) is 0.400. The van der Waals surface area contributed by atoms with Gasteiger partial charge in [-0.2, -0.15) is 5.26 Å². The summed E-state index contributed by atoms with van der Waals surface area (Å²) in [6, 6.07) is 6.48. The summed E-state index contributed by atoms with van der Waals surface area (Å²) in [5.74, 6) is 1.51. The molecule has 6 heteroatoms. The first kappa shape index (κ1) is 13.6. The lowest BCUT2D eigenvalue weighted by molar-refractivity contribution is 0.508. The van der Waals surface area contributed by atoms with Crippen LogP contribution in [0, 0.1) is 17.1 Å². The Labute approximate surface area is 122 Å². The summed E-state index contributed by atoms with van der Waals surface area (Å²) in [5, 5.41) is 20.5. The predicted octanol–water partition coefficient (Wildman–Crippen LogP) is 2.28. The van der Waals surface area contributed by atoms with Crippen LogP contribution in [0.4, 0.5) is 10.1 Å². The Hall–Kier alpha value is -2.42. The summed E-state index contributed by atoms with van der Waals surface area (Å²) in [6.07, 6.45) is 4.02. The van der Waals surface area contributed by atoms with E-state index in [1.54, 1.807) is 12.1 Å². The number of rotatable bonds is 4. The molecular weight excluding hydrogens is 269 g/mol. The number of nitrogens with one attached hydrogen (secondary N) is 1. The van der Waals surface area contributed by atoms with E-state index in [1.165, 1.54) is 12.5 Å². The Morgan fingerprint density at radius 3 is 3.10 bits per heavy atom. The third-order valence-electron chi connectivity index (χ3n) is 3.73. The SMILES string of the molecule is N#Cc1c(F)cccc1NCCc1nnc2n1CCCC2. The maximum absolute atomic E-state index is 13.5. The number of nitriles is 1. The third kappa shape index (κ3) is 2.72. The Bertz CT molecular complexity index is 686. The van der Waals surface area contributed by atoms with Crippen LogP contribution in [-0.4, -0.2) is 21.3 Å². The van der Waals surface area contributed by atoms with Crippen LogP contribution >= 0.6 is 0 Å². The van der Waals surface area contributed by atoms with Crippen molar-refractivity contribution >= 4 is 5.69 Å². The minimum Gasteiger partial charge on any atom is -0.383 e. The first-order valence-electron chi connectivity index (χ1n) is 7.13. The van der Waals surface area contributed by atoms with E-state index in [4.69, 9.17) is 5.26 Å². The quantitative estimate of drug-likeness (QED) is 0.936. The van der Waals surface area contributed by atoms with Crippen molar-refractivity contribution in [2.75, 3.05) is 11.9 Å². The number of aryl methyl sites for hydroxylation is 1. The number of halogens is 1. The molecule has 0 amide bonds. The van der Waals surface area contributed by atoms with Crippen LogP contribution in [-0.2, 0) is 19.4 Å². The number of aromatic nitrogens is 3. The molecule has 2 aromatic rings. The summed E-state index contributed by atoms with van der Waals surface area (Å²) >= 11 is 0. The van der Waals surface area contributed by atoms with Gasteiger partial charge in [-0.1, -0.05) is 6.07 Å². The molecule has 108 valence electrons. The Morgan fingerprint density at radius 2 is 2.24 bits per heavy atom. The predicted molar refractivity (Wildman–Crippen MR) is 76.3 cm³/mol. The number of benzene rings is 1. The van der Waals surface area contributed by atoms with Crippen molar-refractivity contribution in [3.05, 3.63) is 41.2 Å². The zero-order valence-electron chi connectivity index (χ0n) is 11.6. The molecular formula is C15H16FN5. The molecule has 1 N–H and O–H groups in total. The molecule has 0 unspecified atom stereocenters. The standard InChI is InChI=1S/C15H16FN5/c16-12-4-3-5-13(11(12)10-17)18-8-7-15-20-19-14-6-1-2-9-21(14)15/h3-5,18H,1-2,6-9H2. The van der Waals surface area contributed by atoms with Crippen molar-refractivity contribution in [1.82, 2.24) is 14.8 Å². The first-order valence-corrected chi connectivity index (χ1v) is 7.13. The zero-order valence-corrected chi connectivity index (χ0v) is 11.6. The second-order valence-corrected chi connectivity index (χ2v) is 5.09. The average molecular weight is 285 g/mol. The van der Waals surface area contributed by atoms with Gasteiger partial charge in [0.2, 0.25) is 0 Å². The Morgan fingerprint density at radius 1 is 1.33 bits per heavy atom. The van der Waals surface area contributed by atoms with Crippen molar-refractivity contribution < 1.29 is 4.39 Å². The van der Waals surface area contributed by atoms with Gasteiger partial charge in [-0.15, -0.1) is 10.2 Å². The highest BCUT2D eigenvalue weighted by Gasteiger charge is 2.15. The molecule has 21 heavy (non-hydrogen) atoms. The topological polar surface area (TPSA) is 66.5 Å². The number of fused-ring (bicyclic) bond motifs is 1. The van der Waals surface area contributed by atoms with E-state index in [1.807, 2.05) is 6.07 Å². The normalized spacial score (nSPS) is 13.5. The molecule has 0 atom stereocenters. The van der Waals surface area contributed by atoms with Crippen LogP contribution in [0.2, 0.25) is 0 Å². The second kappa shape index (κ2) is 5.92. The lowest BCUT2D eigenvalue weighted by atomic mass is 10.1. The van der Waals surface area contributed by atoms with Crippen LogP contribution in [0.5, 0.6) is 0 Å². The monoisotopic (exact) mass is 285 g/mol. The van der Waals surface area contributed by atoms with Gasteiger partial charge >= 0.3 is 0 Å². The van der Waals surface area contributed by atoms with E-state index < -0.39 is 5.82 Å². The van der Waals surface area contributed by atoms with Crippen molar-refractivity contribution in [3.63, 3.8) is 0 Å². The largest absolute Gasteiger partial charge is 0.383 e. The van der Waals surface area contributed by atoms with E-state index in [0.717, 1.165) is 31.0 Å². The van der Waals surface area contributed by atoms with E-state index in [-0.39, 0.29) is 5.56 Å². The number of nitrogens with zero attached hydrogens (tertiary/aromatic N) is 4. The van der Waals surface area contributed by atoms with Crippen molar-refractivity contribution in [2.24, 2.45) is 0 Å². The van der Waals surface area contributed by atoms with Crippen LogP contribution in [0.15, 0.2) is 18.2 Å². The van der Waals surface area contributed by atoms with Gasteiger partial charge in [0.05, 0.1) is 5.69 Å². The van der Waals surface area contributed by atoms with E-state index in [0.29, 0.717) is 18.7 Å². The lowest BCUT2D eigenvalue weighted by Crippen LogP contribution is -2.16. The highest BCUT2D eigenvalue weighted by molar-refractivity contribution is 5.57. The average Bonchev–Trinajstić information content (AvgIpc) is 2.91. The van der Waals surface area contributed by atoms with Gasteiger partial charge in [0.25, 0.3) is 0 Å². The Balaban J connectivity index is 1.66. The molecule has 0 aliphatic carbocycles. The summed E-state index contributed by atoms with van der Waals surface area (Å²) in [7, 11) is 0. The van der Waals surface area contributed by atoms with Gasteiger partial charge in [0.15, 0.2) is 0 Å². The molecule has 1 aliphatic heterocycles. The molecule has 1 aromatic carbocycles. The van der Waals surface area contributed by atoms with Crippen molar-refractivity contribution in [2.45, 2.75) is 32.2 Å². The highest BCUT2D eigenvalue weighted by Crippen LogP contribution is 2.18. The number of hydrogen-bond acceptors (Lipinski definition) is 4. The molecule has 0 radical (unpaired) electrons. The summed E-state index contributed by atoms with van der Waals surface area (Å²) < 4.78 is 15.7. The van der Waals surface area contributed by atoms with Crippen molar-refractivity contribution in [3.8, 4) is 6.07 Å². The lowest BCUT2D eigenvalue weighted by Gasteiger charge is -2.15. The molecule has 1 aromatic heterocycles. The van der Waals surface area contributed by atoms with Crippen LogP contribution in [0.1, 0.15) is 30.1 Å². The zero-order chi connectivity index (χ0) is 14.7. The van der Waals surface area contributed by atoms with E-state index in [2.05, 4.69) is 20.1 Å². The molecule has 0 saturated carbocycles. The maximum Gasteiger partial charge on any atom is 0.143 e. The van der Waals surface area contributed by atoms with Gasteiger partial charge in [0.1, 0.15) is 29.1 Å². The fourth-order valence-corrected chi connectivity index (χ4v) is 2.65. The van der Waals surface area contributed by atoms with Crippen LogP contribution in [0.25, 0.3) is 0 Å². The molecule has 0 bridgehead atoms. The summed E-state index contributed by atoms with van der Waals surface area (Å²) in [4.78, 5) is 0. The molecule has 5 nitrogen and oxygen atoms in total. The van der Waals surface area contributed by atoms with Gasteiger partial charge in [0, 0.05) is 25.9 Å².